The van der Waals surface area contributed by atoms with Gasteiger partial charge in [-0.2, -0.15) is 13.2 Å². The molecule has 1 amide bonds. The maximum atomic E-state index is 12.4. The van der Waals surface area contributed by atoms with E-state index in [9.17, 15) is 22.8 Å². The average molecular weight is 275 g/mol. The minimum Gasteiger partial charge on any atom is -0.478 e. The van der Waals surface area contributed by atoms with E-state index in [2.05, 4.69) is 4.74 Å². The summed E-state index contributed by atoms with van der Waals surface area (Å²) in [6.45, 7) is -0.237. The Labute approximate surface area is 105 Å². The van der Waals surface area contributed by atoms with Crippen molar-refractivity contribution in [3.8, 4) is 0 Å². The van der Waals surface area contributed by atoms with E-state index in [0.717, 1.165) is 29.2 Å². The molecule has 1 aromatic carbocycles. The van der Waals surface area contributed by atoms with Gasteiger partial charge in [0, 0.05) is 5.69 Å². The van der Waals surface area contributed by atoms with Crippen molar-refractivity contribution >= 4 is 17.7 Å². The zero-order chi connectivity index (χ0) is 14.2. The molecule has 1 heterocycles. The maximum Gasteiger partial charge on any atom is 0.416 e. The van der Waals surface area contributed by atoms with Crippen LogP contribution in [0, 0.1) is 0 Å². The molecule has 1 aliphatic rings. The molecule has 0 bridgehead atoms. The van der Waals surface area contributed by atoms with Crippen LogP contribution in [0.5, 0.6) is 0 Å². The Kier molecular flexibility index (Phi) is 3.09. The molecule has 8 heteroatoms. The lowest BCUT2D eigenvalue weighted by Crippen LogP contribution is -2.27. The molecule has 0 saturated carbocycles. The van der Waals surface area contributed by atoms with E-state index >= 15 is 0 Å². The molecule has 1 fully saturated rings. The summed E-state index contributed by atoms with van der Waals surface area (Å²) < 4.78 is 41.6. The highest BCUT2D eigenvalue weighted by Gasteiger charge is 2.37. The monoisotopic (exact) mass is 275 g/mol. The third-order valence-corrected chi connectivity index (χ3v) is 2.59. The quantitative estimate of drug-likeness (QED) is 0.897. The van der Waals surface area contributed by atoms with Crippen molar-refractivity contribution in [3.63, 3.8) is 0 Å². The normalized spacial score (nSPS) is 19.4. The second kappa shape index (κ2) is 4.45. The highest BCUT2D eigenvalue weighted by atomic mass is 19.4. The summed E-state index contributed by atoms with van der Waals surface area (Å²) in [6.07, 6.45) is -6.67. The number of rotatable bonds is 2. The van der Waals surface area contributed by atoms with Crippen molar-refractivity contribution in [2.24, 2.45) is 0 Å². The number of nitrogens with zero attached hydrogens (tertiary/aromatic N) is 1. The summed E-state index contributed by atoms with van der Waals surface area (Å²) >= 11 is 0. The van der Waals surface area contributed by atoms with Gasteiger partial charge in [0.15, 0.2) is 0 Å². The van der Waals surface area contributed by atoms with Gasteiger partial charge in [-0.25, -0.2) is 9.59 Å². The van der Waals surface area contributed by atoms with Crippen LogP contribution in [-0.4, -0.2) is 29.8 Å². The number of anilines is 1. The van der Waals surface area contributed by atoms with Crippen LogP contribution in [0.25, 0.3) is 0 Å². The van der Waals surface area contributed by atoms with E-state index in [0.29, 0.717) is 0 Å². The number of halogens is 3. The molecular weight excluding hydrogens is 267 g/mol. The molecule has 1 atom stereocenters. The SMILES string of the molecule is O=C(O)[C@H]1CN(c2ccc(C(F)(F)F)cc2)C(=O)O1. The highest BCUT2D eigenvalue weighted by Crippen LogP contribution is 2.31. The van der Waals surface area contributed by atoms with Gasteiger partial charge < -0.3 is 9.84 Å². The first kappa shape index (κ1) is 13.2. The van der Waals surface area contributed by atoms with Crippen molar-refractivity contribution in [2.45, 2.75) is 12.3 Å². The van der Waals surface area contributed by atoms with Crippen molar-refractivity contribution in [1.82, 2.24) is 0 Å². The molecule has 0 spiro atoms. The topological polar surface area (TPSA) is 66.8 Å². The second-order valence-electron chi connectivity index (χ2n) is 3.87. The molecule has 0 aliphatic carbocycles. The molecular formula is C11H8F3NO4. The van der Waals surface area contributed by atoms with Gasteiger partial charge in [-0.3, -0.25) is 4.90 Å². The summed E-state index contributed by atoms with van der Waals surface area (Å²) in [7, 11) is 0. The number of amides is 1. The number of carbonyl (C=O) groups is 2. The van der Waals surface area contributed by atoms with Gasteiger partial charge >= 0.3 is 18.2 Å². The van der Waals surface area contributed by atoms with Crippen LogP contribution in [0.1, 0.15) is 5.56 Å². The number of alkyl halides is 3. The molecule has 5 nitrogen and oxygen atoms in total. The Morgan fingerprint density at radius 2 is 1.89 bits per heavy atom. The number of carboxylic acid groups (broad SMARTS) is 1. The Balaban J connectivity index is 2.19. The number of benzene rings is 1. The zero-order valence-corrected chi connectivity index (χ0v) is 9.35. The Bertz CT molecular complexity index is 512. The van der Waals surface area contributed by atoms with Gasteiger partial charge in [0.1, 0.15) is 0 Å². The van der Waals surface area contributed by atoms with E-state index in [1.165, 1.54) is 0 Å². The third-order valence-electron chi connectivity index (χ3n) is 2.59. The summed E-state index contributed by atoms with van der Waals surface area (Å²) in [4.78, 5) is 23.0. The fourth-order valence-corrected chi connectivity index (χ4v) is 1.63. The number of cyclic esters (lactones) is 1. The standard InChI is InChI=1S/C11H8F3NO4/c12-11(13,14)6-1-3-7(4-2-6)15-5-8(9(16)17)19-10(15)18/h1-4,8H,5H2,(H,16,17)/t8-/m1/s1. The lowest BCUT2D eigenvalue weighted by molar-refractivity contribution is -0.144. The number of hydrogen-bond donors (Lipinski definition) is 1. The van der Waals surface area contributed by atoms with Gasteiger partial charge in [-0.15, -0.1) is 0 Å². The minimum absolute atomic E-state index is 0.154. The number of carboxylic acids is 1. The molecule has 2 rings (SSSR count). The first-order valence-corrected chi connectivity index (χ1v) is 5.17. The van der Waals surface area contributed by atoms with Crippen LogP contribution >= 0.6 is 0 Å². The van der Waals surface area contributed by atoms with E-state index in [1.54, 1.807) is 0 Å². The van der Waals surface area contributed by atoms with Gasteiger partial charge in [0.25, 0.3) is 0 Å². The Morgan fingerprint density at radius 3 is 2.32 bits per heavy atom. The van der Waals surface area contributed by atoms with E-state index in [1.807, 2.05) is 0 Å². The summed E-state index contributed by atoms with van der Waals surface area (Å²) in [6, 6.07) is 3.82. The summed E-state index contributed by atoms with van der Waals surface area (Å²) in [5.74, 6) is -1.30. The molecule has 0 aromatic heterocycles. The molecule has 0 unspecified atom stereocenters. The number of hydrogen-bond acceptors (Lipinski definition) is 3. The molecule has 0 radical (unpaired) electrons. The van der Waals surface area contributed by atoms with Crippen LogP contribution in [0.2, 0.25) is 0 Å². The molecule has 102 valence electrons. The van der Waals surface area contributed by atoms with Crippen molar-refractivity contribution in [3.05, 3.63) is 29.8 Å². The summed E-state index contributed by atoms with van der Waals surface area (Å²) in [5.41, 5.74) is -0.694. The molecule has 1 aromatic rings. The van der Waals surface area contributed by atoms with Crippen LogP contribution in [0.4, 0.5) is 23.7 Å². The predicted octanol–water partition coefficient (Wildman–Crippen LogP) is 2.12. The largest absolute Gasteiger partial charge is 0.478 e. The van der Waals surface area contributed by atoms with Crippen molar-refractivity contribution in [2.75, 3.05) is 11.4 Å². The molecule has 1 saturated heterocycles. The van der Waals surface area contributed by atoms with Crippen LogP contribution in [0.3, 0.4) is 0 Å². The van der Waals surface area contributed by atoms with E-state index in [4.69, 9.17) is 5.11 Å². The van der Waals surface area contributed by atoms with E-state index in [-0.39, 0.29) is 12.2 Å². The maximum absolute atomic E-state index is 12.4. The van der Waals surface area contributed by atoms with Gasteiger partial charge in [0.05, 0.1) is 12.1 Å². The number of ether oxygens (including phenoxy) is 1. The molecule has 1 N–H and O–H groups in total. The van der Waals surface area contributed by atoms with Crippen molar-refractivity contribution in [1.29, 1.82) is 0 Å². The van der Waals surface area contributed by atoms with Gasteiger partial charge in [-0.1, -0.05) is 0 Å². The predicted molar refractivity (Wildman–Crippen MR) is 56.7 cm³/mol. The molecule has 19 heavy (non-hydrogen) atoms. The van der Waals surface area contributed by atoms with Gasteiger partial charge in [-0.05, 0) is 24.3 Å². The minimum atomic E-state index is -4.46. The first-order chi connectivity index (χ1) is 8.79. The van der Waals surface area contributed by atoms with Crippen LogP contribution in [0.15, 0.2) is 24.3 Å². The van der Waals surface area contributed by atoms with E-state index < -0.39 is 29.9 Å². The second-order valence-corrected chi connectivity index (χ2v) is 3.87. The molecule has 1 aliphatic heterocycles. The van der Waals surface area contributed by atoms with Crippen LogP contribution < -0.4 is 4.90 Å². The fraction of sp³-hybridized carbons (Fsp3) is 0.273. The fourth-order valence-electron chi connectivity index (χ4n) is 1.63. The Morgan fingerprint density at radius 1 is 1.32 bits per heavy atom. The Hall–Kier alpha value is -2.25. The number of aliphatic carboxylic acids is 1. The number of carbonyl (C=O) groups excluding carboxylic acids is 1. The van der Waals surface area contributed by atoms with Crippen LogP contribution in [-0.2, 0) is 15.7 Å². The summed E-state index contributed by atoms with van der Waals surface area (Å²) in [5, 5.41) is 8.69. The lowest BCUT2D eigenvalue weighted by atomic mass is 10.2. The smallest absolute Gasteiger partial charge is 0.416 e. The zero-order valence-electron chi connectivity index (χ0n) is 9.35. The first-order valence-electron chi connectivity index (χ1n) is 5.17. The van der Waals surface area contributed by atoms with Crippen molar-refractivity contribution < 1.29 is 32.6 Å². The lowest BCUT2D eigenvalue weighted by Gasteiger charge is -2.13. The highest BCUT2D eigenvalue weighted by molar-refractivity contribution is 5.93. The third kappa shape index (κ3) is 2.61. The van der Waals surface area contributed by atoms with Gasteiger partial charge in [0.2, 0.25) is 6.10 Å². The average Bonchev–Trinajstić information content (AvgIpc) is 2.70.